The summed E-state index contributed by atoms with van der Waals surface area (Å²) in [5, 5.41) is 2.80. The van der Waals surface area contributed by atoms with Crippen LogP contribution >= 0.6 is 0 Å². The van der Waals surface area contributed by atoms with E-state index in [2.05, 4.69) is 22.2 Å². The summed E-state index contributed by atoms with van der Waals surface area (Å²) >= 11 is 0. The van der Waals surface area contributed by atoms with Crippen LogP contribution in [0.2, 0.25) is 0 Å². The first-order valence-electron chi connectivity index (χ1n) is 8.13. The number of H-pyrrole nitrogens is 1. The number of aromatic nitrogens is 2. The number of benzene rings is 1. The van der Waals surface area contributed by atoms with Gasteiger partial charge in [0.15, 0.2) is 0 Å². The number of amides is 2. The first-order valence-corrected chi connectivity index (χ1v) is 8.13. The van der Waals surface area contributed by atoms with Crippen LogP contribution in [0.15, 0.2) is 24.3 Å². The minimum absolute atomic E-state index is 0.0655. The van der Waals surface area contributed by atoms with E-state index in [1.165, 1.54) is 0 Å². The molecular weight excluding hydrogens is 292 g/mol. The second-order valence-corrected chi connectivity index (χ2v) is 6.18. The Morgan fingerprint density at radius 3 is 3.00 bits per heavy atom. The molecule has 3 rings (SSSR count). The molecule has 6 heteroatoms. The van der Waals surface area contributed by atoms with E-state index in [0.29, 0.717) is 12.5 Å². The van der Waals surface area contributed by atoms with E-state index in [0.717, 1.165) is 23.9 Å². The first kappa shape index (κ1) is 15.5. The van der Waals surface area contributed by atoms with Crippen molar-refractivity contribution in [3.05, 3.63) is 24.3 Å². The van der Waals surface area contributed by atoms with Gasteiger partial charge in [-0.2, -0.15) is 0 Å². The number of para-hydroxylation sites is 2. The van der Waals surface area contributed by atoms with Gasteiger partial charge in [-0.15, -0.1) is 0 Å². The predicted molar refractivity (Wildman–Crippen MR) is 88.9 cm³/mol. The maximum absolute atomic E-state index is 12.4. The van der Waals surface area contributed by atoms with Crippen LogP contribution in [0.25, 0.3) is 11.0 Å². The third kappa shape index (κ3) is 3.21. The summed E-state index contributed by atoms with van der Waals surface area (Å²) in [5.41, 5.74) is 1.69. The standard InChI is InChI=1S/C17H22N4O2/c1-3-6-11(2)21-10-12(9-15(21)22)16(23)20-17-18-13-7-4-5-8-14(13)19-17/h4-5,7-8,11-12H,3,6,9-10H2,1-2H3,(H2,18,19,20,23)/t11-,12+/m1/s1. The van der Waals surface area contributed by atoms with Crippen LogP contribution in [-0.2, 0) is 9.59 Å². The molecule has 1 fully saturated rings. The lowest BCUT2D eigenvalue weighted by atomic mass is 10.1. The highest BCUT2D eigenvalue weighted by molar-refractivity contribution is 5.97. The lowest BCUT2D eigenvalue weighted by Gasteiger charge is -2.24. The molecule has 1 aliphatic rings. The lowest BCUT2D eigenvalue weighted by Crippen LogP contribution is -2.35. The van der Waals surface area contributed by atoms with Gasteiger partial charge < -0.3 is 9.88 Å². The Morgan fingerprint density at radius 1 is 1.48 bits per heavy atom. The minimum Gasteiger partial charge on any atom is -0.339 e. The summed E-state index contributed by atoms with van der Waals surface area (Å²) in [4.78, 5) is 33.8. The van der Waals surface area contributed by atoms with Crippen LogP contribution < -0.4 is 5.32 Å². The van der Waals surface area contributed by atoms with Gasteiger partial charge in [0.2, 0.25) is 17.8 Å². The zero-order valence-corrected chi connectivity index (χ0v) is 13.5. The maximum atomic E-state index is 12.4. The average molecular weight is 314 g/mol. The number of aromatic amines is 1. The van der Waals surface area contributed by atoms with Gasteiger partial charge in [-0.25, -0.2) is 4.98 Å². The normalized spacial score (nSPS) is 19.3. The molecule has 2 N–H and O–H groups in total. The van der Waals surface area contributed by atoms with Crippen molar-refractivity contribution in [1.82, 2.24) is 14.9 Å². The molecule has 2 atom stereocenters. The van der Waals surface area contributed by atoms with Crippen LogP contribution in [0, 0.1) is 5.92 Å². The van der Waals surface area contributed by atoms with Crippen molar-refractivity contribution in [1.29, 1.82) is 0 Å². The van der Waals surface area contributed by atoms with Gasteiger partial charge in [-0.05, 0) is 25.5 Å². The highest BCUT2D eigenvalue weighted by Crippen LogP contribution is 2.23. The Bertz CT molecular complexity index is 691. The smallest absolute Gasteiger partial charge is 0.232 e. The topological polar surface area (TPSA) is 78.1 Å². The van der Waals surface area contributed by atoms with E-state index in [4.69, 9.17) is 0 Å². The van der Waals surface area contributed by atoms with E-state index in [-0.39, 0.29) is 30.2 Å². The first-order chi connectivity index (χ1) is 11.1. The number of hydrogen-bond acceptors (Lipinski definition) is 3. The van der Waals surface area contributed by atoms with Gasteiger partial charge in [0.1, 0.15) is 0 Å². The molecule has 0 radical (unpaired) electrons. The van der Waals surface area contributed by atoms with Gasteiger partial charge in [-0.1, -0.05) is 25.5 Å². The minimum atomic E-state index is -0.310. The summed E-state index contributed by atoms with van der Waals surface area (Å²) in [7, 11) is 0. The molecule has 0 bridgehead atoms. The Labute approximate surface area is 135 Å². The molecular formula is C17H22N4O2. The van der Waals surface area contributed by atoms with Crippen molar-refractivity contribution in [2.24, 2.45) is 5.92 Å². The molecule has 2 aromatic rings. The van der Waals surface area contributed by atoms with E-state index >= 15 is 0 Å². The number of carbonyl (C=O) groups excluding carboxylic acids is 2. The number of fused-ring (bicyclic) bond motifs is 1. The van der Waals surface area contributed by atoms with Crippen LogP contribution in [0.1, 0.15) is 33.1 Å². The number of carbonyl (C=O) groups is 2. The van der Waals surface area contributed by atoms with Gasteiger partial charge in [0.25, 0.3) is 0 Å². The third-order valence-corrected chi connectivity index (χ3v) is 4.40. The molecule has 2 amide bonds. The molecule has 1 aromatic carbocycles. The quantitative estimate of drug-likeness (QED) is 0.890. The highest BCUT2D eigenvalue weighted by atomic mass is 16.2. The van der Waals surface area contributed by atoms with Crippen molar-refractivity contribution in [3.8, 4) is 0 Å². The van der Waals surface area contributed by atoms with Gasteiger partial charge in [-0.3, -0.25) is 14.9 Å². The second kappa shape index (κ2) is 6.40. The molecule has 1 aromatic heterocycles. The predicted octanol–water partition coefficient (Wildman–Crippen LogP) is 2.54. The van der Waals surface area contributed by atoms with Crippen LogP contribution in [0.4, 0.5) is 5.95 Å². The van der Waals surface area contributed by atoms with Gasteiger partial charge in [0, 0.05) is 19.0 Å². The fraction of sp³-hybridized carbons (Fsp3) is 0.471. The van der Waals surface area contributed by atoms with E-state index < -0.39 is 0 Å². The summed E-state index contributed by atoms with van der Waals surface area (Å²) < 4.78 is 0. The van der Waals surface area contributed by atoms with Crippen LogP contribution in [0.5, 0.6) is 0 Å². The average Bonchev–Trinajstić information content (AvgIpc) is 3.10. The van der Waals surface area contributed by atoms with Crippen molar-refractivity contribution in [2.75, 3.05) is 11.9 Å². The van der Waals surface area contributed by atoms with E-state index in [9.17, 15) is 9.59 Å². The van der Waals surface area contributed by atoms with Crippen molar-refractivity contribution in [2.45, 2.75) is 39.2 Å². The molecule has 0 spiro atoms. The Kier molecular flexibility index (Phi) is 4.32. The molecule has 0 saturated carbocycles. The Morgan fingerprint density at radius 2 is 2.26 bits per heavy atom. The Balaban J connectivity index is 1.65. The molecule has 122 valence electrons. The van der Waals surface area contributed by atoms with Crippen molar-refractivity contribution >= 4 is 28.8 Å². The summed E-state index contributed by atoms with van der Waals surface area (Å²) in [6.45, 7) is 4.63. The molecule has 1 saturated heterocycles. The summed E-state index contributed by atoms with van der Waals surface area (Å²) in [6, 6.07) is 7.79. The number of rotatable bonds is 5. The molecule has 0 aliphatic carbocycles. The SMILES string of the molecule is CCC[C@@H](C)N1C[C@@H](C(=O)Nc2nc3ccccc3[nH]2)CC1=O. The number of imidazole rings is 1. The number of nitrogens with zero attached hydrogens (tertiary/aromatic N) is 2. The van der Waals surface area contributed by atoms with E-state index in [1.807, 2.05) is 36.1 Å². The lowest BCUT2D eigenvalue weighted by molar-refractivity contribution is -0.129. The fourth-order valence-corrected chi connectivity index (χ4v) is 3.14. The number of likely N-dealkylation sites (tertiary alicyclic amines) is 1. The zero-order valence-electron chi connectivity index (χ0n) is 13.5. The highest BCUT2D eigenvalue weighted by Gasteiger charge is 2.36. The molecule has 23 heavy (non-hydrogen) atoms. The fourth-order valence-electron chi connectivity index (χ4n) is 3.14. The van der Waals surface area contributed by atoms with Crippen LogP contribution in [-0.4, -0.2) is 39.3 Å². The second-order valence-electron chi connectivity index (χ2n) is 6.18. The van der Waals surface area contributed by atoms with Crippen LogP contribution in [0.3, 0.4) is 0 Å². The molecule has 1 aliphatic heterocycles. The molecule has 0 unspecified atom stereocenters. The maximum Gasteiger partial charge on any atom is 0.232 e. The van der Waals surface area contributed by atoms with Gasteiger partial charge in [0.05, 0.1) is 17.0 Å². The molecule has 2 heterocycles. The van der Waals surface area contributed by atoms with Gasteiger partial charge >= 0.3 is 0 Å². The zero-order chi connectivity index (χ0) is 16.4. The number of hydrogen-bond donors (Lipinski definition) is 2. The van der Waals surface area contributed by atoms with Crippen molar-refractivity contribution in [3.63, 3.8) is 0 Å². The molecule has 6 nitrogen and oxygen atoms in total. The number of anilines is 1. The summed E-state index contributed by atoms with van der Waals surface area (Å²) in [5.74, 6) is 0.0398. The summed E-state index contributed by atoms with van der Waals surface area (Å²) in [6.07, 6.45) is 2.27. The third-order valence-electron chi connectivity index (χ3n) is 4.40. The Hall–Kier alpha value is -2.37. The van der Waals surface area contributed by atoms with E-state index in [1.54, 1.807) is 0 Å². The van der Waals surface area contributed by atoms with Crippen molar-refractivity contribution < 1.29 is 9.59 Å². The largest absolute Gasteiger partial charge is 0.339 e. The monoisotopic (exact) mass is 314 g/mol. The number of nitrogens with one attached hydrogen (secondary N) is 2.